The third kappa shape index (κ3) is 1.90. The lowest BCUT2D eigenvalue weighted by molar-refractivity contribution is 0.483. The maximum atomic E-state index is 4.42. The van der Waals surface area contributed by atoms with Crippen LogP contribution in [0.15, 0.2) is 36.5 Å². The molecular weight excluding hydrogens is 222 g/mol. The Bertz CT molecular complexity index is 542. The van der Waals surface area contributed by atoms with Crippen molar-refractivity contribution in [1.29, 1.82) is 0 Å². The number of para-hydroxylation sites is 1. The van der Waals surface area contributed by atoms with E-state index in [1.54, 1.807) is 0 Å². The number of aromatic nitrogens is 2. The number of nitrogens with zero attached hydrogens (tertiary/aromatic N) is 2. The standard InChI is InChI=1S/C15H19N3/c1-11(2)18-15(9-10-16-18)14-8-7-12-5-3-4-6-13(12)17-14/h3-6,9-11,14,17H,7-8H2,1-2H3. The molecule has 1 unspecified atom stereocenters. The summed E-state index contributed by atoms with van der Waals surface area (Å²) in [7, 11) is 0. The van der Waals surface area contributed by atoms with E-state index in [0.29, 0.717) is 12.1 Å². The maximum absolute atomic E-state index is 4.42. The average Bonchev–Trinajstić information content (AvgIpc) is 2.87. The minimum absolute atomic E-state index is 0.379. The first-order valence-electron chi connectivity index (χ1n) is 6.63. The summed E-state index contributed by atoms with van der Waals surface area (Å²) >= 11 is 0. The van der Waals surface area contributed by atoms with E-state index < -0.39 is 0 Å². The molecule has 0 fully saturated rings. The summed E-state index contributed by atoms with van der Waals surface area (Å²) in [5, 5.41) is 8.06. The van der Waals surface area contributed by atoms with E-state index in [9.17, 15) is 0 Å². The molecule has 1 aliphatic rings. The molecule has 3 heteroatoms. The van der Waals surface area contributed by atoms with Crippen LogP contribution in [0, 0.1) is 0 Å². The molecule has 1 N–H and O–H groups in total. The van der Waals surface area contributed by atoms with E-state index in [2.05, 4.69) is 59.3 Å². The largest absolute Gasteiger partial charge is 0.376 e. The third-order valence-electron chi connectivity index (χ3n) is 3.60. The van der Waals surface area contributed by atoms with E-state index in [0.717, 1.165) is 12.8 Å². The Morgan fingerprint density at radius 3 is 2.94 bits per heavy atom. The Balaban J connectivity index is 1.90. The Hall–Kier alpha value is -1.77. The van der Waals surface area contributed by atoms with Gasteiger partial charge in [-0.3, -0.25) is 4.68 Å². The number of hydrogen-bond acceptors (Lipinski definition) is 2. The van der Waals surface area contributed by atoms with Crippen molar-refractivity contribution in [3.05, 3.63) is 47.8 Å². The van der Waals surface area contributed by atoms with Crippen molar-refractivity contribution in [2.75, 3.05) is 5.32 Å². The topological polar surface area (TPSA) is 29.9 Å². The van der Waals surface area contributed by atoms with Crippen molar-refractivity contribution >= 4 is 5.69 Å². The van der Waals surface area contributed by atoms with Crippen molar-refractivity contribution in [3.63, 3.8) is 0 Å². The molecule has 1 aromatic heterocycles. The van der Waals surface area contributed by atoms with Gasteiger partial charge < -0.3 is 5.32 Å². The predicted octanol–water partition coefficient (Wildman–Crippen LogP) is 3.56. The summed E-state index contributed by atoms with van der Waals surface area (Å²) in [6.07, 6.45) is 4.17. The Morgan fingerprint density at radius 1 is 1.28 bits per heavy atom. The lowest BCUT2D eigenvalue weighted by Crippen LogP contribution is -2.22. The van der Waals surface area contributed by atoms with Crippen LogP contribution in [0.25, 0.3) is 0 Å². The summed E-state index contributed by atoms with van der Waals surface area (Å²) in [5.74, 6) is 0. The van der Waals surface area contributed by atoms with Crippen LogP contribution < -0.4 is 5.32 Å². The first kappa shape index (κ1) is 11.3. The van der Waals surface area contributed by atoms with E-state index in [-0.39, 0.29) is 0 Å². The summed E-state index contributed by atoms with van der Waals surface area (Å²) in [6, 6.07) is 11.5. The zero-order chi connectivity index (χ0) is 12.5. The normalized spacial score (nSPS) is 18.5. The number of anilines is 1. The van der Waals surface area contributed by atoms with Gasteiger partial charge in [-0.15, -0.1) is 0 Å². The molecule has 0 aliphatic carbocycles. The molecule has 1 aromatic carbocycles. The molecular formula is C15H19N3. The van der Waals surface area contributed by atoms with E-state index in [1.807, 2.05) is 6.20 Å². The van der Waals surface area contributed by atoms with Gasteiger partial charge in [-0.1, -0.05) is 18.2 Å². The van der Waals surface area contributed by atoms with Gasteiger partial charge >= 0.3 is 0 Å². The van der Waals surface area contributed by atoms with Crippen LogP contribution in [-0.4, -0.2) is 9.78 Å². The second-order valence-electron chi connectivity index (χ2n) is 5.19. The highest BCUT2D eigenvalue weighted by Crippen LogP contribution is 2.32. The fourth-order valence-corrected chi connectivity index (χ4v) is 2.69. The van der Waals surface area contributed by atoms with Crippen molar-refractivity contribution in [2.45, 2.75) is 38.8 Å². The fraction of sp³-hybridized carbons (Fsp3) is 0.400. The monoisotopic (exact) mass is 241 g/mol. The number of nitrogens with one attached hydrogen (secondary N) is 1. The van der Waals surface area contributed by atoms with E-state index in [1.165, 1.54) is 16.9 Å². The van der Waals surface area contributed by atoms with Crippen LogP contribution in [0.3, 0.4) is 0 Å². The summed E-state index contributed by atoms with van der Waals surface area (Å²) < 4.78 is 2.12. The Labute approximate surface area is 108 Å². The number of hydrogen-bond donors (Lipinski definition) is 1. The summed E-state index contributed by atoms with van der Waals surface area (Å²) in [4.78, 5) is 0. The second-order valence-corrected chi connectivity index (χ2v) is 5.19. The molecule has 3 nitrogen and oxygen atoms in total. The first-order valence-corrected chi connectivity index (χ1v) is 6.63. The highest BCUT2D eigenvalue weighted by molar-refractivity contribution is 5.54. The van der Waals surface area contributed by atoms with Gasteiger partial charge in [0.2, 0.25) is 0 Å². The molecule has 0 saturated carbocycles. The molecule has 0 bridgehead atoms. The van der Waals surface area contributed by atoms with Crippen LogP contribution in [-0.2, 0) is 6.42 Å². The molecule has 1 atom stereocenters. The maximum Gasteiger partial charge on any atom is 0.0685 e. The van der Waals surface area contributed by atoms with E-state index in [4.69, 9.17) is 0 Å². The summed E-state index contributed by atoms with van der Waals surface area (Å²) in [5.41, 5.74) is 3.98. The molecule has 94 valence electrons. The molecule has 18 heavy (non-hydrogen) atoms. The number of rotatable bonds is 2. The number of fused-ring (bicyclic) bond motifs is 1. The predicted molar refractivity (Wildman–Crippen MR) is 73.7 cm³/mol. The average molecular weight is 241 g/mol. The van der Waals surface area contributed by atoms with Gasteiger partial charge in [0.25, 0.3) is 0 Å². The van der Waals surface area contributed by atoms with Crippen molar-refractivity contribution in [2.24, 2.45) is 0 Å². The zero-order valence-electron chi connectivity index (χ0n) is 10.9. The van der Waals surface area contributed by atoms with Gasteiger partial charge in [-0.2, -0.15) is 5.10 Å². The van der Waals surface area contributed by atoms with Crippen LogP contribution in [0.1, 0.15) is 43.6 Å². The SMILES string of the molecule is CC(C)n1nccc1C1CCc2ccccc2N1. The molecule has 0 spiro atoms. The number of aryl methyl sites for hydroxylation is 1. The number of benzene rings is 1. The van der Waals surface area contributed by atoms with Gasteiger partial charge in [0.05, 0.1) is 11.7 Å². The van der Waals surface area contributed by atoms with Crippen LogP contribution in [0.4, 0.5) is 5.69 Å². The van der Waals surface area contributed by atoms with Gasteiger partial charge in [-0.05, 0) is 44.4 Å². The Morgan fingerprint density at radius 2 is 2.11 bits per heavy atom. The van der Waals surface area contributed by atoms with Gasteiger partial charge in [-0.25, -0.2) is 0 Å². The Kier molecular flexibility index (Phi) is 2.82. The smallest absolute Gasteiger partial charge is 0.0685 e. The fourth-order valence-electron chi connectivity index (χ4n) is 2.69. The highest BCUT2D eigenvalue weighted by atomic mass is 15.3. The van der Waals surface area contributed by atoms with Crippen LogP contribution >= 0.6 is 0 Å². The van der Waals surface area contributed by atoms with Crippen molar-refractivity contribution in [1.82, 2.24) is 9.78 Å². The minimum Gasteiger partial charge on any atom is -0.376 e. The quantitative estimate of drug-likeness (QED) is 0.871. The third-order valence-corrected chi connectivity index (χ3v) is 3.60. The lowest BCUT2D eigenvalue weighted by atomic mass is 9.96. The first-order chi connectivity index (χ1) is 8.75. The molecule has 2 aromatic rings. The molecule has 0 amide bonds. The van der Waals surface area contributed by atoms with Gasteiger partial charge in [0, 0.05) is 17.9 Å². The lowest BCUT2D eigenvalue weighted by Gasteiger charge is -2.28. The molecule has 3 rings (SSSR count). The van der Waals surface area contributed by atoms with Gasteiger partial charge in [0.1, 0.15) is 0 Å². The molecule has 0 radical (unpaired) electrons. The summed E-state index contributed by atoms with van der Waals surface area (Å²) in [6.45, 7) is 4.35. The van der Waals surface area contributed by atoms with Crippen LogP contribution in [0.5, 0.6) is 0 Å². The molecule has 1 aliphatic heterocycles. The second kappa shape index (κ2) is 4.48. The minimum atomic E-state index is 0.379. The zero-order valence-corrected chi connectivity index (χ0v) is 10.9. The van der Waals surface area contributed by atoms with Crippen LogP contribution in [0.2, 0.25) is 0 Å². The van der Waals surface area contributed by atoms with Gasteiger partial charge in [0.15, 0.2) is 0 Å². The highest BCUT2D eigenvalue weighted by Gasteiger charge is 2.22. The molecule has 0 saturated heterocycles. The molecule has 2 heterocycles. The van der Waals surface area contributed by atoms with Crippen molar-refractivity contribution < 1.29 is 0 Å². The van der Waals surface area contributed by atoms with E-state index >= 15 is 0 Å². The van der Waals surface area contributed by atoms with Crippen molar-refractivity contribution in [3.8, 4) is 0 Å².